The van der Waals surface area contributed by atoms with Gasteiger partial charge in [0, 0.05) is 50.6 Å². The van der Waals surface area contributed by atoms with E-state index in [4.69, 9.17) is 9.47 Å². The summed E-state index contributed by atoms with van der Waals surface area (Å²) < 4.78 is 12.5. The van der Waals surface area contributed by atoms with Gasteiger partial charge in [0.15, 0.2) is 0 Å². The molecule has 4 aliphatic rings. The van der Waals surface area contributed by atoms with Crippen LogP contribution in [0.1, 0.15) is 52.9 Å². The number of cyclic esters (lactones) is 1. The van der Waals surface area contributed by atoms with Crippen LogP contribution in [0.2, 0.25) is 0 Å². The van der Waals surface area contributed by atoms with Crippen LogP contribution < -0.4 is 15.1 Å². The van der Waals surface area contributed by atoms with Crippen LogP contribution in [0.3, 0.4) is 0 Å². The number of fused-ring (bicyclic) bond motifs is 2. The minimum atomic E-state index is -1.38. The minimum absolute atomic E-state index is 0.0482. The number of hydrogen-bond acceptors (Lipinski definition) is 8. The first-order valence-corrected chi connectivity index (χ1v) is 16.3. The highest BCUT2D eigenvalue weighted by Gasteiger charge is 2.71. The number of carbonyl (C=O) groups is 4. The molecule has 1 spiro atoms. The number of anilines is 2. The number of esters is 1. The molecule has 2 saturated heterocycles. The monoisotopic (exact) mass is 622 g/mol. The third kappa shape index (κ3) is 6.37. The summed E-state index contributed by atoms with van der Waals surface area (Å²) in [6.45, 7) is 8.41. The van der Waals surface area contributed by atoms with E-state index in [-0.39, 0.29) is 43.8 Å². The second-order valence-corrected chi connectivity index (χ2v) is 12.2. The quantitative estimate of drug-likeness (QED) is 0.244. The van der Waals surface area contributed by atoms with Crippen LogP contribution in [0, 0.1) is 11.8 Å². The highest BCUT2D eigenvalue weighted by molar-refractivity contribution is 6.05. The van der Waals surface area contributed by atoms with Gasteiger partial charge in [-0.25, -0.2) is 0 Å². The zero-order chi connectivity index (χ0) is 32.1. The molecule has 2 fully saturated rings. The van der Waals surface area contributed by atoms with Crippen molar-refractivity contribution in [2.24, 2.45) is 11.8 Å². The lowest BCUT2D eigenvalue weighted by molar-refractivity contribution is -0.158. The Hall–Kier alpha value is -3.70. The van der Waals surface area contributed by atoms with Crippen molar-refractivity contribution in [3.8, 4) is 0 Å². The van der Waals surface area contributed by atoms with Crippen LogP contribution >= 0.6 is 0 Å². The van der Waals surface area contributed by atoms with Gasteiger partial charge >= 0.3 is 5.97 Å². The van der Waals surface area contributed by atoms with Gasteiger partial charge in [-0.3, -0.25) is 19.2 Å². The van der Waals surface area contributed by atoms with Crippen LogP contribution in [-0.4, -0.2) is 96.9 Å². The molecule has 11 heteroatoms. The summed E-state index contributed by atoms with van der Waals surface area (Å²) in [5, 5.41) is 12.1. The number of carbonyl (C=O) groups excluding carboxylic acids is 4. The summed E-state index contributed by atoms with van der Waals surface area (Å²) in [5.74, 6) is -3.24. The molecule has 5 rings (SSSR count). The van der Waals surface area contributed by atoms with Gasteiger partial charge in [-0.1, -0.05) is 24.3 Å². The summed E-state index contributed by atoms with van der Waals surface area (Å²) in [6.07, 6.45) is 8.38. The first kappa shape index (κ1) is 32.7. The number of aliphatic hydroxyl groups excluding tert-OH is 1. The predicted molar refractivity (Wildman–Crippen MR) is 169 cm³/mol. The van der Waals surface area contributed by atoms with Gasteiger partial charge in [0.05, 0.1) is 18.6 Å². The fourth-order valence-corrected chi connectivity index (χ4v) is 7.14. The van der Waals surface area contributed by atoms with Crippen LogP contribution in [0.25, 0.3) is 0 Å². The van der Waals surface area contributed by atoms with E-state index < -0.39 is 41.7 Å². The lowest BCUT2D eigenvalue weighted by Gasteiger charge is -2.35. The number of nitrogens with zero attached hydrogens (tertiary/aromatic N) is 3. The van der Waals surface area contributed by atoms with E-state index in [1.165, 1.54) is 0 Å². The zero-order valence-corrected chi connectivity index (χ0v) is 26.5. The molecule has 0 radical (unpaired) electrons. The van der Waals surface area contributed by atoms with Crippen molar-refractivity contribution >= 4 is 35.1 Å². The summed E-state index contributed by atoms with van der Waals surface area (Å²) in [6, 6.07) is 6.87. The molecule has 244 valence electrons. The van der Waals surface area contributed by atoms with Gasteiger partial charge in [0.2, 0.25) is 11.8 Å². The average Bonchev–Trinajstić information content (AvgIpc) is 3.41. The fourth-order valence-electron chi connectivity index (χ4n) is 7.14. The number of aliphatic hydroxyl groups is 1. The second kappa shape index (κ2) is 14.2. The second-order valence-electron chi connectivity index (χ2n) is 12.2. The SMILES string of the molecule is CCN(CC)c1ccc(N2CC=C[C@]34O[C@@H]5/C=C\CCC(=O)NC[C@@H](C)OC(=O)[C@@H]5[C@H]3C(=O)N(CCCCCO)[C@@H]4C2=O)cc1. The molecular weight excluding hydrogens is 576 g/mol. The van der Waals surface area contributed by atoms with E-state index in [2.05, 4.69) is 24.1 Å². The van der Waals surface area contributed by atoms with Crippen molar-refractivity contribution in [1.82, 2.24) is 10.2 Å². The Kier molecular flexibility index (Phi) is 10.3. The van der Waals surface area contributed by atoms with Crippen molar-refractivity contribution < 1.29 is 33.8 Å². The minimum Gasteiger partial charge on any atom is -0.460 e. The van der Waals surface area contributed by atoms with Crippen LogP contribution in [0.15, 0.2) is 48.6 Å². The fraction of sp³-hybridized carbons (Fsp3) is 0.588. The van der Waals surface area contributed by atoms with Crippen molar-refractivity contribution in [3.63, 3.8) is 0 Å². The number of ether oxygens (including phenoxy) is 2. The Bertz CT molecular complexity index is 1310. The largest absolute Gasteiger partial charge is 0.460 e. The third-order valence-electron chi connectivity index (χ3n) is 9.38. The summed E-state index contributed by atoms with van der Waals surface area (Å²) in [4.78, 5) is 60.5. The first-order valence-electron chi connectivity index (χ1n) is 16.3. The first-order chi connectivity index (χ1) is 21.7. The van der Waals surface area contributed by atoms with Gasteiger partial charge < -0.3 is 34.6 Å². The number of hydrogen-bond donors (Lipinski definition) is 2. The number of likely N-dealkylation sites (tertiary alicyclic amines) is 1. The molecule has 0 saturated carbocycles. The lowest BCUT2D eigenvalue weighted by Crippen LogP contribution is -2.55. The normalized spacial score (nSPS) is 30.8. The van der Waals surface area contributed by atoms with Crippen LogP contribution in [0.5, 0.6) is 0 Å². The number of rotatable bonds is 9. The molecule has 0 unspecified atom stereocenters. The molecule has 1 aromatic rings. The molecule has 4 heterocycles. The van der Waals surface area contributed by atoms with Gasteiger partial charge in [0.25, 0.3) is 5.91 Å². The van der Waals surface area contributed by atoms with E-state index in [1.54, 1.807) is 28.9 Å². The molecule has 11 nitrogen and oxygen atoms in total. The van der Waals surface area contributed by atoms with E-state index in [0.717, 1.165) is 18.8 Å². The standard InChI is InChI=1S/C34H46N4O7/c1-4-36(5-2)24-14-16-25(17-15-24)37-20-11-18-34-29(31(41)38(30(34)32(37)42)19-9-6-10-21-39)28-26(45-34)12-7-8-13-27(40)35-22-23(3)44-33(28)43/h7,11-12,14-18,23,26,28-30,39H,4-6,8-10,13,19-22H2,1-3H3,(H,35,40)/b12-7-/t23-,26-,28+,29+,30-,34+/m1/s1. The number of allylic oxidation sites excluding steroid dienone is 1. The van der Waals surface area contributed by atoms with E-state index in [9.17, 15) is 24.3 Å². The van der Waals surface area contributed by atoms with E-state index >= 15 is 0 Å². The van der Waals surface area contributed by atoms with E-state index in [0.29, 0.717) is 37.9 Å². The van der Waals surface area contributed by atoms with Crippen molar-refractivity contribution in [2.45, 2.75) is 76.7 Å². The van der Waals surface area contributed by atoms with E-state index in [1.807, 2.05) is 36.4 Å². The average molecular weight is 623 g/mol. The Morgan fingerprint density at radius 1 is 1.02 bits per heavy atom. The van der Waals surface area contributed by atoms with Crippen LogP contribution in [-0.2, 0) is 28.7 Å². The highest BCUT2D eigenvalue weighted by Crippen LogP contribution is 2.53. The molecular formula is C34H46N4O7. The van der Waals surface area contributed by atoms with Crippen molar-refractivity contribution in [3.05, 3.63) is 48.6 Å². The zero-order valence-electron chi connectivity index (χ0n) is 26.5. The summed E-state index contributed by atoms with van der Waals surface area (Å²) in [7, 11) is 0. The molecule has 0 aliphatic carbocycles. The Balaban J connectivity index is 1.53. The van der Waals surface area contributed by atoms with Crippen molar-refractivity contribution in [2.75, 3.05) is 49.1 Å². The molecule has 4 aliphatic heterocycles. The molecule has 45 heavy (non-hydrogen) atoms. The van der Waals surface area contributed by atoms with Gasteiger partial charge in [0.1, 0.15) is 23.7 Å². The lowest BCUT2D eigenvalue weighted by atomic mass is 9.78. The number of benzene rings is 1. The summed E-state index contributed by atoms with van der Waals surface area (Å²) >= 11 is 0. The van der Waals surface area contributed by atoms with Gasteiger partial charge in [-0.05, 0) is 70.7 Å². The Labute approximate surface area is 265 Å². The molecule has 1 aromatic carbocycles. The number of unbranched alkanes of at least 4 members (excludes halogenated alkanes) is 2. The van der Waals surface area contributed by atoms with Crippen LogP contribution in [0.4, 0.5) is 11.4 Å². The van der Waals surface area contributed by atoms with Gasteiger partial charge in [-0.2, -0.15) is 0 Å². The summed E-state index contributed by atoms with van der Waals surface area (Å²) in [5.41, 5.74) is 0.394. The third-order valence-corrected chi connectivity index (χ3v) is 9.38. The number of amides is 3. The molecule has 0 aromatic heterocycles. The smallest absolute Gasteiger partial charge is 0.313 e. The molecule has 3 amide bonds. The van der Waals surface area contributed by atoms with Crippen molar-refractivity contribution in [1.29, 1.82) is 0 Å². The topological polar surface area (TPSA) is 129 Å². The molecule has 2 N–H and O–H groups in total. The highest BCUT2D eigenvalue weighted by atomic mass is 16.6. The Morgan fingerprint density at radius 2 is 1.78 bits per heavy atom. The predicted octanol–water partition coefficient (Wildman–Crippen LogP) is 2.58. The maximum Gasteiger partial charge on any atom is 0.313 e. The maximum atomic E-state index is 14.6. The Morgan fingerprint density at radius 3 is 2.49 bits per heavy atom. The number of nitrogens with one attached hydrogen (secondary N) is 1. The molecule has 0 bridgehead atoms. The van der Waals surface area contributed by atoms with Gasteiger partial charge in [-0.15, -0.1) is 0 Å². The maximum absolute atomic E-state index is 14.6. The molecule has 6 atom stereocenters.